The fourth-order valence-electron chi connectivity index (χ4n) is 1.57. The average molecular weight is 764 g/mol. The van der Waals surface area contributed by atoms with E-state index in [9.17, 15) is 19.8 Å². The molecule has 2 aromatic carbocycles. The number of benzene rings is 2. The van der Waals surface area contributed by atoms with Gasteiger partial charge in [-0.15, -0.1) is 0 Å². The number of methoxy groups -OCH3 is 2. The zero-order valence-corrected chi connectivity index (χ0v) is 23.5. The molecule has 22 heteroatoms. The predicted molar refractivity (Wildman–Crippen MR) is 123 cm³/mol. The summed E-state index contributed by atoms with van der Waals surface area (Å²) in [7, 11) is 2.79. The topological polar surface area (TPSA) is 354 Å². The SMILES string of the molecule is CC#N.COc1cccc(C=O)c1[O-].COc1cccc(C=O)c1[O-].O=[N+]([O-])[O-].O=[N+]([O-])[O-].O=[N+]([O-])[O-].[Gd+3].[Ni+2].[OH3+]. The van der Waals surface area contributed by atoms with Crippen LogP contribution in [0.25, 0.3) is 0 Å². The average Bonchev–Trinajstić information content (AvgIpc) is 2.79. The molecule has 0 amide bonds. The molecule has 20 nitrogen and oxygen atoms in total. The number of aldehydes is 2. The van der Waals surface area contributed by atoms with E-state index in [2.05, 4.69) is 0 Å². The molecule has 0 saturated heterocycles. The molecular formula is C18H20GdN4NiO16+. The van der Waals surface area contributed by atoms with E-state index in [1.807, 2.05) is 0 Å². The molecule has 0 bridgehead atoms. The van der Waals surface area contributed by atoms with E-state index in [0.29, 0.717) is 12.6 Å². The minimum Gasteiger partial charge on any atom is -0.869 e. The van der Waals surface area contributed by atoms with Gasteiger partial charge in [0.2, 0.25) is 0 Å². The number of carbonyl (C=O) groups is 2. The third-order valence-electron chi connectivity index (χ3n) is 2.71. The van der Waals surface area contributed by atoms with Crippen LogP contribution in [-0.2, 0) is 22.0 Å². The van der Waals surface area contributed by atoms with Crippen molar-refractivity contribution in [3.63, 3.8) is 0 Å². The van der Waals surface area contributed by atoms with Gasteiger partial charge in [0.05, 0.1) is 35.5 Å². The molecule has 0 spiro atoms. The largest absolute Gasteiger partial charge is 3.00 e. The zero-order chi connectivity index (χ0) is 30.0. The second-order valence-corrected chi connectivity index (χ2v) is 4.89. The quantitative estimate of drug-likeness (QED) is 0.130. The van der Waals surface area contributed by atoms with Crippen molar-refractivity contribution in [3.05, 3.63) is 93.5 Å². The van der Waals surface area contributed by atoms with Crippen LogP contribution in [0.1, 0.15) is 27.6 Å². The van der Waals surface area contributed by atoms with Gasteiger partial charge in [-0.1, -0.05) is 35.8 Å². The third-order valence-corrected chi connectivity index (χ3v) is 2.71. The van der Waals surface area contributed by atoms with Crippen LogP contribution in [0.5, 0.6) is 23.0 Å². The number of nitriles is 1. The summed E-state index contributed by atoms with van der Waals surface area (Å²) in [6.07, 6.45) is 1.04. The Kier molecular flexibility index (Phi) is 45.6. The van der Waals surface area contributed by atoms with Gasteiger partial charge in [0, 0.05) is 18.1 Å². The number of rotatable bonds is 4. The monoisotopic (exact) mass is 764 g/mol. The van der Waals surface area contributed by atoms with Gasteiger partial charge in [0.1, 0.15) is 24.1 Å². The van der Waals surface area contributed by atoms with E-state index < -0.39 is 15.3 Å². The molecule has 0 saturated carbocycles. The molecule has 2 aromatic rings. The maximum absolute atomic E-state index is 11.1. The Labute approximate surface area is 266 Å². The Hall–Kier alpha value is -4.15. The van der Waals surface area contributed by atoms with Gasteiger partial charge in [-0.25, -0.2) is 0 Å². The first-order chi connectivity index (χ1) is 17.2. The smallest absolute Gasteiger partial charge is 0.869 e. The normalized spacial score (nSPS) is 7.05. The fraction of sp³-hybridized carbons (Fsp3) is 0.167. The van der Waals surface area contributed by atoms with Crippen molar-refractivity contribution in [1.82, 2.24) is 0 Å². The number of para-hydroxylation sites is 2. The Morgan fingerprint density at radius 2 is 0.925 bits per heavy atom. The summed E-state index contributed by atoms with van der Waals surface area (Å²) in [4.78, 5) is 45.2. The van der Waals surface area contributed by atoms with E-state index in [0.717, 1.165) is 0 Å². The molecule has 0 aromatic heterocycles. The molecule has 0 fully saturated rings. The zero-order valence-electron chi connectivity index (χ0n) is 20.3. The molecule has 0 aliphatic carbocycles. The van der Waals surface area contributed by atoms with Crippen molar-refractivity contribution in [1.29, 1.82) is 5.26 Å². The van der Waals surface area contributed by atoms with Crippen LogP contribution in [-0.4, -0.2) is 42.1 Å². The van der Waals surface area contributed by atoms with Crippen molar-refractivity contribution in [2.75, 3.05) is 14.2 Å². The fourth-order valence-corrected chi connectivity index (χ4v) is 1.57. The number of carbonyl (C=O) groups excluding carboxylic acids is 2. The van der Waals surface area contributed by atoms with Crippen molar-refractivity contribution in [3.8, 4) is 29.1 Å². The molecule has 0 aliphatic rings. The number of hydrogen-bond acceptors (Lipinski definition) is 16. The first-order valence-corrected chi connectivity index (χ1v) is 8.54. The summed E-state index contributed by atoms with van der Waals surface area (Å²) < 4.78 is 9.43. The molecule has 0 heterocycles. The number of ether oxygens (including phenoxy) is 2. The van der Waals surface area contributed by atoms with Gasteiger partial charge in [-0.3, -0.25) is 9.59 Å². The van der Waals surface area contributed by atoms with Crippen LogP contribution in [0.15, 0.2) is 36.4 Å². The van der Waals surface area contributed by atoms with Gasteiger partial charge in [-0.05, 0) is 12.1 Å². The summed E-state index contributed by atoms with van der Waals surface area (Å²) in [6.45, 7) is 1.43. The van der Waals surface area contributed by atoms with Gasteiger partial charge in [0.25, 0.3) is 0 Å². The standard InChI is InChI=1S/2C8H8O3.C2H3N.Gd.3NO3.Ni.H2O/c2*1-11-7-4-2-3-6(5-9)8(7)10;1-2-3;;3*2-1(3)4;;/h2*2-5,10H,1H3;1H3;;;;;;1H2/q;;;+3;3*-1;+2;/p-1. The summed E-state index contributed by atoms with van der Waals surface area (Å²) >= 11 is 0. The Bertz CT molecular complexity index is 941. The van der Waals surface area contributed by atoms with Gasteiger partial charge < -0.3 is 71.1 Å². The molecule has 2 rings (SSSR count). The molecule has 0 atom stereocenters. The Balaban J connectivity index is -0.0000000701. The molecule has 0 unspecified atom stereocenters. The maximum Gasteiger partial charge on any atom is 3.00 e. The van der Waals surface area contributed by atoms with Crippen LogP contribution < -0.4 is 19.7 Å². The summed E-state index contributed by atoms with van der Waals surface area (Å²) in [5, 5.41) is 73.7. The summed E-state index contributed by atoms with van der Waals surface area (Å²) in [6, 6.07) is 10.9. The van der Waals surface area contributed by atoms with Crippen LogP contribution in [0.3, 0.4) is 0 Å². The Morgan fingerprint density at radius 3 is 1.07 bits per heavy atom. The van der Waals surface area contributed by atoms with E-state index in [1.54, 1.807) is 18.2 Å². The van der Waals surface area contributed by atoms with Crippen molar-refractivity contribution in [2.24, 2.45) is 0 Å². The summed E-state index contributed by atoms with van der Waals surface area (Å²) in [5.41, 5.74) is 0.258. The molecule has 3 N–H and O–H groups in total. The van der Waals surface area contributed by atoms with Crippen molar-refractivity contribution in [2.45, 2.75) is 6.92 Å². The second kappa shape index (κ2) is 34.8. The molecule has 225 valence electrons. The minimum absolute atomic E-state index is 0. The van der Waals surface area contributed by atoms with E-state index >= 15 is 0 Å². The van der Waals surface area contributed by atoms with Crippen LogP contribution in [0.2, 0.25) is 0 Å². The van der Waals surface area contributed by atoms with E-state index in [-0.39, 0.29) is 96.0 Å². The molecule has 0 aliphatic heterocycles. The van der Waals surface area contributed by atoms with Crippen LogP contribution >= 0.6 is 0 Å². The van der Waals surface area contributed by atoms with E-state index in [1.165, 1.54) is 45.4 Å². The van der Waals surface area contributed by atoms with Crippen LogP contribution in [0.4, 0.5) is 0 Å². The van der Waals surface area contributed by atoms with Gasteiger partial charge in [-0.2, -0.15) is 5.26 Å². The van der Waals surface area contributed by atoms with Gasteiger partial charge in [0.15, 0.2) is 0 Å². The van der Waals surface area contributed by atoms with Crippen molar-refractivity contribution < 1.29 is 106 Å². The molecule has 40 heavy (non-hydrogen) atoms. The predicted octanol–water partition coefficient (Wildman–Crippen LogP) is 0.0508. The molecule has 1 radical (unpaired) electrons. The van der Waals surface area contributed by atoms with Crippen molar-refractivity contribution >= 4 is 12.6 Å². The van der Waals surface area contributed by atoms with Gasteiger partial charge >= 0.3 is 56.4 Å². The van der Waals surface area contributed by atoms with E-state index in [4.69, 9.17) is 60.7 Å². The molecular weight excluding hydrogens is 744 g/mol. The number of nitrogens with zero attached hydrogens (tertiary/aromatic N) is 4. The first kappa shape index (κ1) is 52.3. The van der Waals surface area contributed by atoms with Crippen LogP contribution in [0, 0.1) is 97.2 Å². The first-order valence-electron chi connectivity index (χ1n) is 8.54. The summed E-state index contributed by atoms with van der Waals surface area (Å²) in [5.74, 6) is -0.306. The second-order valence-electron chi connectivity index (χ2n) is 4.89. The Morgan fingerprint density at radius 1 is 0.725 bits per heavy atom. The number of hydrogen-bond donors (Lipinski definition) is 0. The third kappa shape index (κ3) is 36.0. The minimum atomic E-state index is -1.75. The maximum atomic E-state index is 11.1.